The molecule has 5 nitrogen and oxygen atoms in total. The Kier molecular flexibility index (Phi) is 5.97. The lowest BCUT2D eigenvalue weighted by Crippen LogP contribution is -2.48. The number of hydrogen-bond acceptors (Lipinski definition) is 3. The van der Waals surface area contributed by atoms with Crippen molar-refractivity contribution >= 4 is 22.7 Å². The molecule has 3 aromatic carbocycles. The van der Waals surface area contributed by atoms with Crippen LogP contribution in [0.1, 0.15) is 74.2 Å². The summed E-state index contributed by atoms with van der Waals surface area (Å²) in [5.74, 6) is 1.13. The number of aromatic carboxylic acids is 1. The minimum absolute atomic E-state index is 0.0355. The Hall–Kier alpha value is -3.34. The lowest BCUT2D eigenvalue weighted by Gasteiger charge is -2.57. The summed E-state index contributed by atoms with van der Waals surface area (Å²) < 4.78 is 6.37. The van der Waals surface area contributed by atoms with Gasteiger partial charge in [0.05, 0.1) is 5.56 Å². The van der Waals surface area contributed by atoms with Crippen LogP contribution in [0.3, 0.4) is 0 Å². The molecular weight excluding hydrogens is 464 g/mol. The second-order valence-electron chi connectivity index (χ2n) is 11.7. The molecule has 4 fully saturated rings. The van der Waals surface area contributed by atoms with E-state index in [0.29, 0.717) is 6.42 Å². The largest absolute Gasteiger partial charge is 0.479 e. The summed E-state index contributed by atoms with van der Waals surface area (Å²) in [4.78, 5) is 23.4. The predicted molar refractivity (Wildman–Crippen MR) is 143 cm³/mol. The van der Waals surface area contributed by atoms with Crippen LogP contribution >= 0.6 is 0 Å². The van der Waals surface area contributed by atoms with Crippen molar-refractivity contribution in [2.75, 3.05) is 0 Å². The van der Waals surface area contributed by atoms with Gasteiger partial charge in [0.1, 0.15) is 5.75 Å². The van der Waals surface area contributed by atoms with Gasteiger partial charge >= 0.3 is 11.9 Å². The standard InChI is InChI=1S/C32H34O5/c1-2-4-28(31(35)36)37-29-14-24-5-3-6-25(22-7-9-23(10-8-22)30(33)34)26(24)15-27(29)32-16-19-11-20(17-32)13-21(12-19)18-32/h3,5-10,14-15,19-21,28H,2,4,11-13,16-18H2,1H3,(H,33,34)(H,35,36). The molecule has 1 unspecified atom stereocenters. The van der Waals surface area contributed by atoms with Crippen LogP contribution in [0.2, 0.25) is 0 Å². The van der Waals surface area contributed by atoms with Crippen molar-refractivity contribution in [3.8, 4) is 16.9 Å². The number of ether oxygens (including phenoxy) is 1. The highest BCUT2D eigenvalue weighted by atomic mass is 16.5. The van der Waals surface area contributed by atoms with Crippen LogP contribution in [-0.4, -0.2) is 28.3 Å². The molecule has 0 radical (unpaired) electrons. The van der Waals surface area contributed by atoms with Crippen LogP contribution in [0, 0.1) is 17.8 Å². The maximum Gasteiger partial charge on any atom is 0.344 e. The molecule has 192 valence electrons. The molecule has 0 aliphatic heterocycles. The van der Waals surface area contributed by atoms with E-state index in [9.17, 15) is 19.8 Å². The molecule has 0 amide bonds. The smallest absolute Gasteiger partial charge is 0.344 e. The van der Waals surface area contributed by atoms with Gasteiger partial charge in [0.25, 0.3) is 0 Å². The Balaban J connectivity index is 1.51. The van der Waals surface area contributed by atoms with Crippen LogP contribution in [0.5, 0.6) is 5.75 Å². The number of aliphatic carboxylic acids is 1. The van der Waals surface area contributed by atoms with E-state index in [0.717, 1.165) is 71.1 Å². The fraction of sp³-hybridized carbons (Fsp3) is 0.438. The molecule has 4 saturated carbocycles. The van der Waals surface area contributed by atoms with Gasteiger partial charge in [0.2, 0.25) is 0 Å². The highest BCUT2D eigenvalue weighted by Gasteiger charge is 2.52. The van der Waals surface area contributed by atoms with Crippen LogP contribution in [0.4, 0.5) is 0 Å². The summed E-state index contributed by atoms with van der Waals surface area (Å²) in [5.41, 5.74) is 3.50. The van der Waals surface area contributed by atoms with Gasteiger partial charge in [-0.15, -0.1) is 0 Å². The summed E-state index contributed by atoms with van der Waals surface area (Å²) in [6, 6.07) is 17.5. The second-order valence-corrected chi connectivity index (χ2v) is 11.7. The highest BCUT2D eigenvalue weighted by molar-refractivity contribution is 5.99. The van der Waals surface area contributed by atoms with Gasteiger partial charge in [-0.25, -0.2) is 9.59 Å². The van der Waals surface area contributed by atoms with Gasteiger partial charge in [0.15, 0.2) is 6.10 Å². The van der Waals surface area contributed by atoms with E-state index in [1.165, 1.54) is 24.8 Å². The minimum Gasteiger partial charge on any atom is -0.479 e. The van der Waals surface area contributed by atoms with Crippen LogP contribution in [0.15, 0.2) is 54.6 Å². The number of carbonyl (C=O) groups is 2. The second kappa shape index (κ2) is 9.20. The average Bonchev–Trinajstić information content (AvgIpc) is 2.87. The zero-order valence-corrected chi connectivity index (χ0v) is 21.3. The quantitative estimate of drug-likeness (QED) is 0.340. The molecule has 4 aliphatic rings. The van der Waals surface area contributed by atoms with E-state index in [1.807, 2.05) is 25.1 Å². The molecule has 37 heavy (non-hydrogen) atoms. The van der Waals surface area contributed by atoms with Gasteiger partial charge in [-0.3, -0.25) is 0 Å². The third-order valence-corrected chi connectivity index (χ3v) is 9.13. The summed E-state index contributed by atoms with van der Waals surface area (Å²) >= 11 is 0. The first-order valence-electron chi connectivity index (χ1n) is 13.7. The van der Waals surface area contributed by atoms with Crippen molar-refractivity contribution in [1.82, 2.24) is 0 Å². The summed E-state index contributed by atoms with van der Waals surface area (Å²) in [5, 5.41) is 21.3. The summed E-state index contributed by atoms with van der Waals surface area (Å²) in [7, 11) is 0. The minimum atomic E-state index is -0.935. The SMILES string of the molecule is CCCC(Oc1cc2cccc(-c3ccc(C(=O)O)cc3)c2cc1C12CC3CC(CC(C3)C1)C2)C(=O)O. The van der Waals surface area contributed by atoms with Gasteiger partial charge in [-0.2, -0.15) is 0 Å². The Morgan fingerprint density at radius 1 is 0.946 bits per heavy atom. The van der Waals surface area contributed by atoms with Gasteiger partial charge in [-0.1, -0.05) is 43.7 Å². The average molecular weight is 499 g/mol. The third-order valence-electron chi connectivity index (χ3n) is 9.13. The first-order valence-corrected chi connectivity index (χ1v) is 13.7. The topological polar surface area (TPSA) is 83.8 Å². The van der Waals surface area contributed by atoms with Crippen molar-refractivity contribution < 1.29 is 24.5 Å². The normalized spacial score (nSPS) is 26.8. The molecule has 0 heterocycles. The Morgan fingerprint density at radius 2 is 1.59 bits per heavy atom. The molecule has 0 saturated heterocycles. The monoisotopic (exact) mass is 498 g/mol. The molecule has 4 aliphatic carbocycles. The number of hydrogen-bond donors (Lipinski definition) is 2. The maximum absolute atomic E-state index is 12.1. The van der Waals surface area contributed by atoms with Crippen molar-refractivity contribution in [1.29, 1.82) is 0 Å². The number of rotatable bonds is 8. The first kappa shape index (κ1) is 24.0. The molecule has 7 rings (SSSR count). The number of carboxylic acids is 2. The van der Waals surface area contributed by atoms with Gasteiger partial charge in [0, 0.05) is 5.56 Å². The molecule has 5 heteroatoms. The van der Waals surface area contributed by atoms with Crippen LogP contribution in [-0.2, 0) is 10.2 Å². The number of fused-ring (bicyclic) bond motifs is 1. The molecule has 0 aromatic heterocycles. The van der Waals surface area contributed by atoms with Crippen molar-refractivity contribution in [3.63, 3.8) is 0 Å². The lowest BCUT2D eigenvalue weighted by atomic mass is 9.48. The zero-order valence-electron chi connectivity index (χ0n) is 21.3. The van der Waals surface area contributed by atoms with Crippen molar-refractivity contribution in [3.05, 3.63) is 65.7 Å². The molecule has 1 atom stereocenters. The molecular formula is C32H34O5. The van der Waals surface area contributed by atoms with Gasteiger partial charge in [-0.05, 0) is 114 Å². The van der Waals surface area contributed by atoms with Gasteiger partial charge < -0.3 is 14.9 Å². The lowest BCUT2D eigenvalue weighted by molar-refractivity contribution is -0.145. The van der Waals surface area contributed by atoms with E-state index in [2.05, 4.69) is 24.3 Å². The fourth-order valence-corrected chi connectivity index (χ4v) is 7.95. The van der Waals surface area contributed by atoms with E-state index in [1.54, 1.807) is 12.1 Å². The fourth-order valence-electron chi connectivity index (χ4n) is 7.95. The third kappa shape index (κ3) is 4.28. The Labute approximate surface area is 217 Å². The maximum atomic E-state index is 12.1. The Bertz CT molecular complexity index is 1320. The highest BCUT2D eigenvalue weighted by Crippen LogP contribution is 2.62. The zero-order chi connectivity index (χ0) is 25.7. The molecule has 2 N–H and O–H groups in total. The van der Waals surface area contributed by atoms with E-state index < -0.39 is 18.0 Å². The van der Waals surface area contributed by atoms with E-state index in [-0.39, 0.29) is 11.0 Å². The Morgan fingerprint density at radius 3 is 2.16 bits per heavy atom. The first-order chi connectivity index (χ1) is 17.8. The van der Waals surface area contributed by atoms with Crippen LogP contribution in [0.25, 0.3) is 21.9 Å². The number of carboxylic acid groups (broad SMARTS) is 2. The van der Waals surface area contributed by atoms with Crippen molar-refractivity contribution in [2.24, 2.45) is 17.8 Å². The summed E-state index contributed by atoms with van der Waals surface area (Å²) in [6.07, 6.45) is 7.82. The molecule has 3 aromatic rings. The van der Waals surface area contributed by atoms with E-state index >= 15 is 0 Å². The molecule has 0 spiro atoms. The summed E-state index contributed by atoms with van der Waals surface area (Å²) in [6.45, 7) is 1.99. The number of benzene rings is 3. The predicted octanol–water partition coefficient (Wildman–Crippen LogP) is 7.30. The van der Waals surface area contributed by atoms with Crippen LogP contribution < -0.4 is 4.74 Å². The molecule has 4 bridgehead atoms. The van der Waals surface area contributed by atoms with E-state index in [4.69, 9.17) is 4.74 Å². The van der Waals surface area contributed by atoms with Crippen molar-refractivity contribution in [2.45, 2.75) is 69.8 Å².